The fourth-order valence-corrected chi connectivity index (χ4v) is 3.14. The first-order valence-corrected chi connectivity index (χ1v) is 8.35. The molecule has 1 heterocycles. The fourth-order valence-electron chi connectivity index (χ4n) is 2.88. The van der Waals surface area contributed by atoms with Crippen molar-refractivity contribution in [2.24, 2.45) is 0 Å². The zero-order chi connectivity index (χ0) is 18.8. The Bertz CT molecular complexity index is 954. The lowest BCUT2D eigenvalue weighted by molar-refractivity contribution is 0.394. The largest absolute Gasteiger partial charge is 0.497 e. The summed E-state index contributed by atoms with van der Waals surface area (Å²) < 4.78 is 24.2. The van der Waals surface area contributed by atoms with Crippen LogP contribution in [0, 0.1) is 19.7 Å². The van der Waals surface area contributed by atoms with Crippen LogP contribution in [-0.4, -0.2) is 24.2 Å². The van der Waals surface area contributed by atoms with E-state index in [1.807, 2.05) is 26.0 Å². The van der Waals surface area contributed by atoms with Crippen LogP contribution in [0.1, 0.15) is 11.5 Å². The topological polar surface area (TPSA) is 44.2 Å². The van der Waals surface area contributed by atoms with E-state index in [0.29, 0.717) is 33.6 Å². The van der Waals surface area contributed by atoms with E-state index in [4.69, 9.17) is 21.1 Å². The summed E-state index contributed by atoms with van der Waals surface area (Å²) in [5.74, 6) is 1.52. The summed E-state index contributed by atoms with van der Waals surface area (Å²) in [6, 6.07) is 9.81. The Morgan fingerprint density at radius 3 is 2.15 bits per heavy atom. The molecule has 0 aliphatic rings. The third-order valence-electron chi connectivity index (χ3n) is 4.03. The Hall–Kier alpha value is -2.66. The molecule has 2 aromatic carbocycles. The first kappa shape index (κ1) is 18.1. The van der Waals surface area contributed by atoms with E-state index in [1.54, 1.807) is 26.4 Å². The zero-order valence-corrected chi connectivity index (χ0v) is 15.7. The summed E-state index contributed by atoms with van der Waals surface area (Å²) in [6.07, 6.45) is 0. The van der Waals surface area contributed by atoms with Gasteiger partial charge in [0.2, 0.25) is 0 Å². The van der Waals surface area contributed by atoms with E-state index in [1.165, 1.54) is 12.1 Å². The first-order valence-electron chi connectivity index (χ1n) is 7.97. The molecule has 0 aliphatic heterocycles. The number of methoxy groups -OCH3 is 2. The summed E-state index contributed by atoms with van der Waals surface area (Å²) in [6.45, 7) is 3.70. The molecule has 0 N–H and O–H groups in total. The molecule has 0 atom stereocenters. The molecule has 6 heteroatoms. The lowest BCUT2D eigenvalue weighted by Gasteiger charge is -2.15. The van der Waals surface area contributed by atoms with Crippen molar-refractivity contribution in [1.29, 1.82) is 0 Å². The van der Waals surface area contributed by atoms with Gasteiger partial charge in [0, 0.05) is 28.5 Å². The third kappa shape index (κ3) is 3.48. The van der Waals surface area contributed by atoms with Gasteiger partial charge in [0.15, 0.2) is 0 Å². The van der Waals surface area contributed by atoms with Gasteiger partial charge in [-0.3, -0.25) is 0 Å². The minimum absolute atomic E-state index is 0.302. The molecule has 3 rings (SSSR count). The van der Waals surface area contributed by atoms with Crippen molar-refractivity contribution in [3.63, 3.8) is 0 Å². The van der Waals surface area contributed by atoms with Crippen LogP contribution in [0.5, 0.6) is 11.5 Å². The van der Waals surface area contributed by atoms with Crippen molar-refractivity contribution in [1.82, 2.24) is 9.97 Å². The second kappa shape index (κ2) is 7.30. The number of hydrogen-bond donors (Lipinski definition) is 0. The predicted octanol–water partition coefficient (Wildman–Crippen LogP) is 5.24. The number of aromatic nitrogens is 2. The summed E-state index contributed by atoms with van der Waals surface area (Å²) in [5.41, 5.74) is 3.65. The number of ether oxygens (including phenoxy) is 2. The van der Waals surface area contributed by atoms with Gasteiger partial charge in [-0.05, 0) is 44.2 Å². The van der Waals surface area contributed by atoms with Crippen LogP contribution in [0.4, 0.5) is 4.39 Å². The van der Waals surface area contributed by atoms with Crippen molar-refractivity contribution in [3.8, 4) is 33.9 Å². The average molecular weight is 373 g/mol. The van der Waals surface area contributed by atoms with Crippen LogP contribution in [0.25, 0.3) is 22.4 Å². The lowest BCUT2D eigenvalue weighted by atomic mass is 9.97. The third-order valence-corrected chi connectivity index (χ3v) is 4.34. The van der Waals surface area contributed by atoms with Crippen molar-refractivity contribution >= 4 is 11.6 Å². The minimum Gasteiger partial charge on any atom is -0.497 e. The maximum Gasteiger partial charge on any atom is 0.126 e. The van der Waals surface area contributed by atoms with Crippen LogP contribution >= 0.6 is 11.6 Å². The number of nitrogens with zero attached hydrogens (tertiary/aromatic N) is 2. The molecule has 0 saturated carbocycles. The summed E-state index contributed by atoms with van der Waals surface area (Å²) >= 11 is 6.31. The van der Waals surface area contributed by atoms with Crippen molar-refractivity contribution in [3.05, 3.63) is 58.8 Å². The van der Waals surface area contributed by atoms with E-state index < -0.39 is 5.82 Å². The van der Waals surface area contributed by atoms with Gasteiger partial charge in [0.05, 0.1) is 24.9 Å². The summed E-state index contributed by atoms with van der Waals surface area (Å²) in [7, 11) is 3.18. The fraction of sp³-hybridized carbons (Fsp3) is 0.200. The number of hydrogen-bond acceptors (Lipinski definition) is 4. The molecule has 0 amide bonds. The molecule has 0 saturated heterocycles. The number of benzene rings is 2. The Labute approximate surface area is 156 Å². The highest BCUT2D eigenvalue weighted by Crippen LogP contribution is 2.39. The molecular formula is C20H18ClFN2O2. The molecule has 0 fully saturated rings. The van der Waals surface area contributed by atoms with E-state index in [0.717, 1.165) is 16.8 Å². The van der Waals surface area contributed by atoms with Crippen molar-refractivity contribution < 1.29 is 13.9 Å². The molecule has 0 bridgehead atoms. The quantitative estimate of drug-likeness (QED) is 0.628. The average Bonchev–Trinajstić information content (AvgIpc) is 2.61. The van der Waals surface area contributed by atoms with E-state index in [2.05, 4.69) is 9.97 Å². The van der Waals surface area contributed by atoms with Gasteiger partial charge in [0.1, 0.15) is 23.1 Å². The molecule has 4 nitrogen and oxygen atoms in total. The van der Waals surface area contributed by atoms with Gasteiger partial charge in [-0.2, -0.15) is 0 Å². The van der Waals surface area contributed by atoms with Gasteiger partial charge >= 0.3 is 0 Å². The van der Waals surface area contributed by atoms with E-state index in [9.17, 15) is 4.39 Å². The highest BCUT2D eigenvalue weighted by molar-refractivity contribution is 6.33. The highest BCUT2D eigenvalue weighted by atomic mass is 35.5. The Balaban J connectivity index is 2.32. The van der Waals surface area contributed by atoms with Gasteiger partial charge in [-0.1, -0.05) is 11.6 Å². The summed E-state index contributed by atoms with van der Waals surface area (Å²) in [5, 5.41) is 0.302. The van der Waals surface area contributed by atoms with Crippen LogP contribution in [0.15, 0.2) is 36.4 Å². The maximum absolute atomic E-state index is 13.5. The molecule has 0 radical (unpaired) electrons. The summed E-state index contributed by atoms with van der Waals surface area (Å²) in [4.78, 5) is 9.08. The highest BCUT2D eigenvalue weighted by Gasteiger charge is 2.18. The molecule has 0 unspecified atom stereocenters. The van der Waals surface area contributed by atoms with Gasteiger partial charge in [-0.25, -0.2) is 14.4 Å². The molecular weight excluding hydrogens is 355 g/mol. The van der Waals surface area contributed by atoms with E-state index in [-0.39, 0.29) is 0 Å². The van der Waals surface area contributed by atoms with Crippen LogP contribution in [0.3, 0.4) is 0 Å². The molecule has 0 spiro atoms. The number of halogens is 2. The predicted molar refractivity (Wildman–Crippen MR) is 100 cm³/mol. The monoisotopic (exact) mass is 372 g/mol. The maximum atomic E-state index is 13.5. The SMILES string of the molecule is COc1cc(OC)cc(-c2nc(C)nc(C)c2-c2ccc(F)cc2Cl)c1. The molecule has 0 aliphatic carbocycles. The van der Waals surface area contributed by atoms with Crippen molar-refractivity contribution in [2.75, 3.05) is 14.2 Å². The van der Waals surface area contributed by atoms with Gasteiger partial charge in [0.25, 0.3) is 0 Å². The minimum atomic E-state index is -0.394. The van der Waals surface area contributed by atoms with Crippen LogP contribution in [-0.2, 0) is 0 Å². The normalized spacial score (nSPS) is 10.7. The molecule has 26 heavy (non-hydrogen) atoms. The Kier molecular flexibility index (Phi) is 5.09. The number of rotatable bonds is 4. The molecule has 3 aromatic rings. The van der Waals surface area contributed by atoms with Gasteiger partial charge in [-0.15, -0.1) is 0 Å². The van der Waals surface area contributed by atoms with Crippen molar-refractivity contribution in [2.45, 2.75) is 13.8 Å². The first-order chi connectivity index (χ1) is 12.4. The smallest absolute Gasteiger partial charge is 0.126 e. The van der Waals surface area contributed by atoms with Crippen LogP contribution < -0.4 is 9.47 Å². The second-order valence-corrected chi connectivity index (χ2v) is 6.21. The van der Waals surface area contributed by atoms with Crippen LogP contribution in [0.2, 0.25) is 5.02 Å². The molecule has 1 aromatic heterocycles. The van der Waals surface area contributed by atoms with Gasteiger partial charge < -0.3 is 9.47 Å². The Morgan fingerprint density at radius 2 is 1.58 bits per heavy atom. The number of aryl methyl sites for hydroxylation is 2. The standard InChI is InChI=1S/C20H18ClFN2O2/c1-11-19(17-6-5-14(22)9-18(17)21)20(24-12(2)23-11)13-7-15(25-3)10-16(8-13)26-4/h5-10H,1-4H3. The molecule has 134 valence electrons. The lowest BCUT2D eigenvalue weighted by Crippen LogP contribution is -2.01. The zero-order valence-electron chi connectivity index (χ0n) is 14.9. The van der Waals surface area contributed by atoms with E-state index >= 15 is 0 Å². The Morgan fingerprint density at radius 1 is 0.923 bits per heavy atom. The second-order valence-electron chi connectivity index (χ2n) is 5.81.